The average molecular weight is 678 g/mol. The Balaban J connectivity index is 1.24. The van der Waals surface area contributed by atoms with Crippen molar-refractivity contribution in [3.05, 3.63) is 170 Å². The third kappa shape index (κ3) is 4.33. The van der Waals surface area contributed by atoms with Crippen LogP contribution in [0.2, 0.25) is 0 Å². The van der Waals surface area contributed by atoms with Crippen LogP contribution in [-0.4, -0.2) is 19.5 Å². The largest absolute Gasteiger partial charge is 0.456 e. The van der Waals surface area contributed by atoms with E-state index in [0.717, 1.165) is 42.6 Å². The highest BCUT2D eigenvalue weighted by molar-refractivity contribution is 6.23. The molecule has 5 heteroatoms. The van der Waals surface area contributed by atoms with Gasteiger partial charge >= 0.3 is 0 Å². The molecule has 0 aliphatic rings. The van der Waals surface area contributed by atoms with Crippen molar-refractivity contribution in [3.63, 3.8) is 0 Å². The molecule has 0 atom stereocenters. The zero-order valence-electron chi connectivity index (χ0n) is 39.9. The second kappa shape index (κ2) is 11.2. The lowest BCUT2D eigenvalue weighted by Gasteiger charge is -2.12. The van der Waals surface area contributed by atoms with E-state index in [2.05, 4.69) is 35.3 Å². The van der Waals surface area contributed by atoms with Gasteiger partial charge < -0.3 is 4.42 Å². The fourth-order valence-electron chi connectivity index (χ4n) is 7.15. The van der Waals surface area contributed by atoms with Crippen LogP contribution in [-0.2, 0) is 0 Å². The van der Waals surface area contributed by atoms with E-state index in [4.69, 9.17) is 32.2 Å². The Kier molecular flexibility index (Phi) is 4.04. The number of aromatic nitrogens is 4. The summed E-state index contributed by atoms with van der Waals surface area (Å²) in [5.74, 6) is -0.906. The molecule has 0 radical (unpaired) electrons. The Morgan fingerprint density at radius 2 is 1.12 bits per heavy atom. The SMILES string of the molecule is [2H]c1c([2H])c([2H])c(-c2nc(-c3ccc4oc5cc(-c6cccc7ccccc67)c6ccccc6c5c4c3)nc(-n3c4c([2H])c([2H])c([2H])c([2H])c4c4c([2H])c([2H])c([2H])c([2H])c43)n2)c([2H])c1[2H]. The van der Waals surface area contributed by atoms with Gasteiger partial charge in [0, 0.05) is 32.7 Å². The lowest BCUT2D eigenvalue weighted by molar-refractivity contribution is 0.669. The third-order valence-corrected chi connectivity index (χ3v) is 9.40. The molecule has 0 fully saturated rings. The van der Waals surface area contributed by atoms with Gasteiger partial charge in [0.2, 0.25) is 5.95 Å². The van der Waals surface area contributed by atoms with Crippen LogP contribution in [0, 0.1) is 0 Å². The van der Waals surface area contributed by atoms with Gasteiger partial charge in [-0.25, -0.2) is 4.98 Å². The summed E-state index contributed by atoms with van der Waals surface area (Å²) < 4.78 is 121. The van der Waals surface area contributed by atoms with Gasteiger partial charge in [0.1, 0.15) is 11.2 Å². The summed E-state index contributed by atoms with van der Waals surface area (Å²) in [6.07, 6.45) is 0. The molecule has 0 spiro atoms. The molecule has 5 nitrogen and oxygen atoms in total. The van der Waals surface area contributed by atoms with Crippen LogP contribution in [0.3, 0.4) is 0 Å². The van der Waals surface area contributed by atoms with E-state index in [0.29, 0.717) is 22.1 Å². The van der Waals surface area contributed by atoms with Crippen molar-refractivity contribution < 1.29 is 22.2 Å². The quantitative estimate of drug-likeness (QED) is 0.186. The molecule has 11 rings (SSSR count). The number of para-hydroxylation sites is 2. The van der Waals surface area contributed by atoms with E-state index in [-0.39, 0.29) is 27.6 Å². The zero-order valence-corrected chi connectivity index (χ0v) is 26.9. The molecule has 0 N–H and O–H groups in total. The number of furan rings is 1. The summed E-state index contributed by atoms with van der Waals surface area (Å²) >= 11 is 0. The van der Waals surface area contributed by atoms with Crippen molar-refractivity contribution in [2.75, 3.05) is 0 Å². The van der Waals surface area contributed by atoms with Crippen molar-refractivity contribution in [2.45, 2.75) is 0 Å². The Labute approximate surface area is 316 Å². The predicted octanol–water partition coefficient (Wildman–Crippen LogP) is 12.2. The molecular weight excluding hydrogens is 637 g/mol. The van der Waals surface area contributed by atoms with Gasteiger partial charge in [-0.3, -0.25) is 4.57 Å². The maximum Gasteiger partial charge on any atom is 0.238 e. The highest BCUT2D eigenvalue weighted by Gasteiger charge is 2.20. The van der Waals surface area contributed by atoms with Crippen LogP contribution in [0.1, 0.15) is 17.8 Å². The number of fused-ring (bicyclic) bond motifs is 9. The number of nitrogens with zero attached hydrogens (tertiary/aromatic N) is 4. The number of benzene rings is 8. The Bertz CT molecular complexity index is 3850. The van der Waals surface area contributed by atoms with E-state index in [1.54, 1.807) is 18.2 Å². The lowest BCUT2D eigenvalue weighted by atomic mass is 9.92. The Morgan fingerprint density at radius 3 is 1.90 bits per heavy atom. The van der Waals surface area contributed by atoms with E-state index in [1.807, 2.05) is 42.5 Å². The van der Waals surface area contributed by atoms with Gasteiger partial charge in [0.25, 0.3) is 0 Å². The summed E-state index contributed by atoms with van der Waals surface area (Å²) in [5, 5.41) is 5.05. The standard InChI is InChI=1S/C47H28N4O/c1-2-14-30(15-3-1)45-48-46(50-47(49-45)51-40-23-10-8-19-35(40)36-20-9-11-24-41(36)51)31-25-26-42-39(27-31)44-37-21-7-6-18-34(37)38(28-43(44)52-42)33-22-12-16-29-13-4-5-17-32(29)33/h1-28H/i1D,2D,3D,8D,9D,10D,11D,14D,15D,19D,20D,23D,24D. The minimum absolute atomic E-state index is 0.0959. The van der Waals surface area contributed by atoms with Crippen molar-refractivity contribution in [3.8, 4) is 39.9 Å². The molecule has 3 aromatic heterocycles. The fourth-order valence-corrected chi connectivity index (χ4v) is 7.15. The molecule has 0 bridgehead atoms. The van der Waals surface area contributed by atoms with Crippen LogP contribution in [0.4, 0.5) is 0 Å². The molecule has 11 aromatic rings. The van der Waals surface area contributed by atoms with Crippen molar-refractivity contribution in [1.82, 2.24) is 19.5 Å². The van der Waals surface area contributed by atoms with Crippen LogP contribution in [0.25, 0.3) is 105 Å². The summed E-state index contributed by atoms with van der Waals surface area (Å²) in [6, 6.07) is 21.4. The third-order valence-electron chi connectivity index (χ3n) is 9.40. The fraction of sp³-hybridized carbons (Fsp3) is 0. The summed E-state index contributed by atoms with van der Waals surface area (Å²) in [4.78, 5) is 14.1. The van der Waals surface area contributed by atoms with Crippen molar-refractivity contribution in [2.24, 2.45) is 0 Å². The molecule has 0 unspecified atom stereocenters. The molecule has 242 valence electrons. The first-order chi connectivity index (χ1) is 31.2. The summed E-state index contributed by atoms with van der Waals surface area (Å²) in [6.45, 7) is 0. The van der Waals surface area contributed by atoms with Crippen LogP contribution in [0.5, 0.6) is 0 Å². The smallest absolute Gasteiger partial charge is 0.238 e. The number of rotatable bonds is 4. The Hall–Kier alpha value is -7.11. The van der Waals surface area contributed by atoms with E-state index in [9.17, 15) is 0 Å². The normalized spacial score (nSPS) is 15.3. The number of hydrogen-bond donors (Lipinski definition) is 0. The van der Waals surface area contributed by atoms with Crippen molar-refractivity contribution >= 4 is 65.3 Å². The summed E-state index contributed by atoms with van der Waals surface area (Å²) in [7, 11) is 0. The first kappa shape index (κ1) is 18.8. The highest BCUT2D eigenvalue weighted by Crippen LogP contribution is 2.42. The maximum absolute atomic E-state index is 9.07. The molecule has 8 aromatic carbocycles. The molecule has 0 aliphatic heterocycles. The molecule has 0 amide bonds. The minimum atomic E-state index is -0.661. The van der Waals surface area contributed by atoms with Crippen molar-refractivity contribution in [1.29, 1.82) is 0 Å². The van der Waals surface area contributed by atoms with Crippen LogP contribution in [0.15, 0.2) is 174 Å². The average Bonchev–Trinajstić information content (AvgIpc) is 3.89. The monoisotopic (exact) mass is 677 g/mol. The molecule has 3 heterocycles. The summed E-state index contributed by atoms with van der Waals surface area (Å²) in [5.41, 5.74) is 2.54. The molecule has 0 saturated heterocycles. The Morgan fingerprint density at radius 1 is 0.462 bits per heavy atom. The molecule has 0 aliphatic carbocycles. The topological polar surface area (TPSA) is 56.7 Å². The van der Waals surface area contributed by atoms with Crippen LogP contribution >= 0.6 is 0 Å². The molecular formula is C47H28N4O. The first-order valence-electron chi connectivity index (χ1n) is 22.9. The van der Waals surface area contributed by atoms with Gasteiger partial charge in [0.15, 0.2) is 11.6 Å². The van der Waals surface area contributed by atoms with E-state index in [1.165, 1.54) is 0 Å². The lowest BCUT2D eigenvalue weighted by Crippen LogP contribution is -2.06. The highest BCUT2D eigenvalue weighted by atomic mass is 16.3. The maximum atomic E-state index is 9.07. The molecule has 0 saturated carbocycles. The van der Waals surface area contributed by atoms with Gasteiger partial charge in [-0.05, 0) is 69.0 Å². The van der Waals surface area contributed by atoms with E-state index >= 15 is 0 Å². The van der Waals surface area contributed by atoms with Gasteiger partial charge in [-0.15, -0.1) is 0 Å². The van der Waals surface area contributed by atoms with Gasteiger partial charge in [-0.1, -0.05) is 133 Å². The second-order valence-electron chi connectivity index (χ2n) is 12.2. The first-order valence-corrected chi connectivity index (χ1v) is 16.4. The van der Waals surface area contributed by atoms with E-state index < -0.39 is 95.9 Å². The second-order valence-corrected chi connectivity index (χ2v) is 12.2. The zero-order chi connectivity index (χ0) is 45.5. The number of hydrogen-bond acceptors (Lipinski definition) is 4. The minimum Gasteiger partial charge on any atom is -0.456 e. The van der Waals surface area contributed by atoms with Gasteiger partial charge in [-0.2, -0.15) is 9.97 Å². The molecule has 52 heavy (non-hydrogen) atoms. The van der Waals surface area contributed by atoms with Crippen LogP contribution < -0.4 is 0 Å². The predicted molar refractivity (Wildman–Crippen MR) is 213 cm³/mol. The van der Waals surface area contributed by atoms with Gasteiger partial charge in [0.05, 0.1) is 28.9 Å².